The van der Waals surface area contributed by atoms with Crippen LogP contribution in [-0.2, 0) is 14.3 Å². The lowest BCUT2D eigenvalue weighted by atomic mass is 9.95. The second-order valence-corrected chi connectivity index (χ2v) is 10.5. The molecule has 2 aromatic rings. The molecule has 214 valence electrons. The third-order valence-electron chi connectivity index (χ3n) is 5.43. The van der Waals surface area contributed by atoms with Gasteiger partial charge in [-0.25, -0.2) is 15.0 Å². The van der Waals surface area contributed by atoms with Gasteiger partial charge in [-0.05, 0) is 73.5 Å². The van der Waals surface area contributed by atoms with Gasteiger partial charge < -0.3 is 29.6 Å². The van der Waals surface area contributed by atoms with Crippen LogP contribution in [0.2, 0.25) is 0 Å². The van der Waals surface area contributed by atoms with Crippen molar-refractivity contribution in [1.29, 1.82) is 0 Å². The molecule has 0 aliphatic carbocycles. The monoisotopic (exact) mass is 680 g/mol. The highest BCUT2D eigenvalue weighted by atomic mass is 79.9. The van der Waals surface area contributed by atoms with E-state index in [4.69, 9.17) is 18.9 Å². The lowest BCUT2D eigenvalue weighted by molar-refractivity contribution is -0.139. The van der Waals surface area contributed by atoms with Gasteiger partial charge in [-0.1, -0.05) is 22.0 Å². The van der Waals surface area contributed by atoms with Crippen molar-refractivity contribution < 1.29 is 33.3 Å². The summed E-state index contributed by atoms with van der Waals surface area (Å²) in [5.41, 5.74) is 4.31. The van der Waals surface area contributed by atoms with Crippen molar-refractivity contribution in [2.24, 2.45) is 5.10 Å². The molecule has 3 rings (SSSR count). The molecule has 11 nitrogen and oxygen atoms in total. The molecular formula is C27H30Br2N4O7. The number of methoxy groups -OCH3 is 1. The van der Waals surface area contributed by atoms with Crippen LogP contribution in [0.1, 0.15) is 44.9 Å². The van der Waals surface area contributed by atoms with Gasteiger partial charge in [0.15, 0.2) is 18.1 Å². The molecule has 0 unspecified atom stereocenters. The molecule has 0 spiro atoms. The van der Waals surface area contributed by atoms with E-state index in [2.05, 4.69) is 53.0 Å². The van der Waals surface area contributed by atoms with Crippen molar-refractivity contribution >= 4 is 56.0 Å². The number of hydrazone groups is 1. The van der Waals surface area contributed by atoms with Gasteiger partial charge in [-0.15, -0.1) is 0 Å². The van der Waals surface area contributed by atoms with E-state index >= 15 is 0 Å². The number of allylic oxidation sites excluding steroid dienone is 1. The third kappa shape index (κ3) is 7.98. The fourth-order valence-electron chi connectivity index (χ4n) is 3.79. The molecule has 13 heteroatoms. The summed E-state index contributed by atoms with van der Waals surface area (Å²) < 4.78 is 23.7. The largest absolute Gasteiger partial charge is 0.493 e. The maximum absolute atomic E-state index is 12.6. The van der Waals surface area contributed by atoms with Gasteiger partial charge in [0.2, 0.25) is 0 Å². The van der Waals surface area contributed by atoms with Crippen LogP contribution in [0.4, 0.5) is 4.79 Å². The maximum atomic E-state index is 12.6. The number of esters is 1. The summed E-state index contributed by atoms with van der Waals surface area (Å²) in [4.78, 5) is 37.1. The number of nitrogens with one attached hydrogen (secondary N) is 3. The van der Waals surface area contributed by atoms with Crippen LogP contribution in [0.5, 0.6) is 17.2 Å². The van der Waals surface area contributed by atoms with Gasteiger partial charge in [0.25, 0.3) is 5.91 Å². The molecule has 3 amide bonds. The second-order valence-electron chi connectivity index (χ2n) is 8.76. The normalized spacial score (nSPS) is 15.0. The Bertz CT molecular complexity index is 1340. The molecule has 1 heterocycles. The molecule has 1 atom stereocenters. The minimum absolute atomic E-state index is 0.0585. The van der Waals surface area contributed by atoms with Crippen LogP contribution in [-0.4, -0.2) is 50.5 Å². The molecule has 1 aliphatic rings. The average molecular weight is 682 g/mol. The van der Waals surface area contributed by atoms with Crippen LogP contribution < -0.4 is 30.3 Å². The van der Waals surface area contributed by atoms with Crippen LogP contribution in [0.15, 0.2) is 55.6 Å². The first-order valence-electron chi connectivity index (χ1n) is 12.3. The van der Waals surface area contributed by atoms with Gasteiger partial charge in [0.1, 0.15) is 5.75 Å². The number of hydrogen-bond acceptors (Lipinski definition) is 8. The molecule has 0 bridgehead atoms. The summed E-state index contributed by atoms with van der Waals surface area (Å²) in [5, 5.41) is 9.34. The fraction of sp³-hybridized carbons (Fsp3) is 0.333. The number of nitrogens with zero attached hydrogens (tertiary/aromatic N) is 1. The van der Waals surface area contributed by atoms with E-state index < -0.39 is 23.9 Å². The van der Waals surface area contributed by atoms with Gasteiger partial charge in [-0.2, -0.15) is 5.10 Å². The Morgan fingerprint density at radius 1 is 1.18 bits per heavy atom. The van der Waals surface area contributed by atoms with E-state index in [0.717, 1.165) is 8.95 Å². The molecule has 0 radical (unpaired) electrons. The van der Waals surface area contributed by atoms with Crippen LogP contribution in [0.3, 0.4) is 0 Å². The Labute approximate surface area is 248 Å². The summed E-state index contributed by atoms with van der Waals surface area (Å²) in [6, 6.07) is 7.32. The van der Waals surface area contributed by atoms with Crippen molar-refractivity contribution in [1.82, 2.24) is 16.1 Å². The zero-order valence-corrected chi connectivity index (χ0v) is 25.8. The molecule has 3 N–H and O–H groups in total. The molecule has 0 fully saturated rings. The summed E-state index contributed by atoms with van der Waals surface area (Å²) in [6.45, 7) is 6.99. The Hall–Kier alpha value is -3.58. The molecule has 40 heavy (non-hydrogen) atoms. The quantitative estimate of drug-likeness (QED) is 0.177. The molecule has 2 aromatic carbocycles. The van der Waals surface area contributed by atoms with Crippen LogP contribution in [0.25, 0.3) is 0 Å². The van der Waals surface area contributed by atoms with Gasteiger partial charge in [-0.3, -0.25) is 4.79 Å². The molecule has 0 aromatic heterocycles. The number of carbonyl (C=O) groups is 3. The minimum atomic E-state index is -0.768. The van der Waals surface area contributed by atoms with Crippen molar-refractivity contribution in [2.75, 3.05) is 20.3 Å². The smallest absolute Gasteiger partial charge is 0.338 e. The highest BCUT2D eigenvalue weighted by molar-refractivity contribution is 9.11. The standard InChI is InChI=1S/C27H30Br2N4O7/c1-6-38-26(35)23-15(4)31-27(36)32-24(23)16-7-8-20(21(10-16)37-5)39-13-22(34)33-30-12-17-9-18(28)11-19(29)25(17)40-14(2)3/h7-12,14,24H,6,13H2,1-5H3,(H,33,34)(H2,31,32,36)/b30-12+/t24-/m0/s1. The molecule has 0 saturated carbocycles. The number of benzene rings is 2. The van der Waals surface area contributed by atoms with E-state index in [-0.39, 0.29) is 30.6 Å². The lowest BCUT2D eigenvalue weighted by Gasteiger charge is -2.28. The van der Waals surface area contributed by atoms with Gasteiger partial charge >= 0.3 is 12.0 Å². The summed E-state index contributed by atoms with van der Waals surface area (Å²) >= 11 is 6.92. The predicted octanol–water partition coefficient (Wildman–Crippen LogP) is 4.73. The SMILES string of the molecule is CCOC(=O)C1=C(C)NC(=O)N[C@H]1c1ccc(OCC(=O)N/N=C/c2cc(Br)cc(Br)c2OC(C)C)c(OC)c1. The lowest BCUT2D eigenvalue weighted by Crippen LogP contribution is -2.45. The Morgan fingerprint density at radius 3 is 2.60 bits per heavy atom. The molecule has 0 saturated heterocycles. The topological polar surface area (TPSA) is 137 Å². The Balaban J connectivity index is 1.70. The number of halogens is 2. The Morgan fingerprint density at radius 2 is 1.93 bits per heavy atom. The number of amides is 3. The Kier molecular flexibility index (Phi) is 11.0. The first-order chi connectivity index (χ1) is 19.0. The predicted molar refractivity (Wildman–Crippen MR) is 156 cm³/mol. The minimum Gasteiger partial charge on any atom is -0.493 e. The number of hydrogen-bond donors (Lipinski definition) is 3. The number of ether oxygens (including phenoxy) is 4. The van der Waals surface area contributed by atoms with Crippen LogP contribution >= 0.6 is 31.9 Å². The molecular weight excluding hydrogens is 652 g/mol. The van der Waals surface area contributed by atoms with Crippen molar-refractivity contribution in [3.05, 3.63) is 61.7 Å². The zero-order chi connectivity index (χ0) is 29.4. The fourth-order valence-corrected chi connectivity index (χ4v) is 5.14. The second kappa shape index (κ2) is 14.2. The highest BCUT2D eigenvalue weighted by Crippen LogP contribution is 2.35. The highest BCUT2D eigenvalue weighted by Gasteiger charge is 2.32. The van der Waals surface area contributed by atoms with Crippen LogP contribution in [0, 0.1) is 0 Å². The summed E-state index contributed by atoms with van der Waals surface area (Å²) in [6.07, 6.45) is 1.42. The number of rotatable bonds is 11. The first-order valence-corrected chi connectivity index (χ1v) is 13.9. The maximum Gasteiger partial charge on any atom is 0.338 e. The van der Waals surface area contributed by atoms with Crippen molar-refractivity contribution in [2.45, 2.75) is 39.8 Å². The number of carbonyl (C=O) groups excluding carboxylic acids is 3. The first kappa shape index (κ1) is 31.0. The van der Waals surface area contributed by atoms with E-state index in [9.17, 15) is 14.4 Å². The van der Waals surface area contributed by atoms with Crippen molar-refractivity contribution in [3.8, 4) is 17.2 Å². The van der Waals surface area contributed by atoms with E-state index in [1.165, 1.54) is 13.3 Å². The van der Waals surface area contributed by atoms with Crippen molar-refractivity contribution in [3.63, 3.8) is 0 Å². The summed E-state index contributed by atoms with van der Waals surface area (Å²) in [7, 11) is 1.44. The van der Waals surface area contributed by atoms with E-state index in [0.29, 0.717) is 28.3 Å². The summed E-state index contributed by atoms with van der Waals surface area (Å²) in [5.74, 6) is 0.131. The van der Waals surface area contributed by atoms with E-state index in [1.807, 2.05) is 26.0 Å². The average Bonchev–Trinajstić information content (AvgIpc) is 2.88. The third-order valence-corrected chi connectivity index (χ3v) is 6.47. The molecule has 1 aliphatic heterocycles. The van der Waals surface area contributed by atoms with Gasteiger partial charge in [0.05, 0.1) is 42.1 Å². The van der Waals surface area contributed by atoms with E-state index in [1.54, 1.807) is 32.0 Å². The van der Waals surface area contributed by atoms with Gasteiger partial charge in [0, 0.05) is 15.7 Å². The zero-order valence-electron chi connectivity index (χ0n) is 22.6. The number of urea groups is 1.